The Bertz CT molecular complexity index is 1810. The number of hydrogen-bond donors (Lipinski definition) is 1. The zero-order valence-corrected chi connectivity index (χ0v) is 21.2. The number of alkyl halides is 2. The highest BCUT2D eigenvalue weighted by Gasteiger charge is 2.72. The van der Waals surface area contributed by atoms with E-state index in [0.29, 0.717) is 11.5 Å². The van der Waals surface area contributed by atoms with Crippen molar-refractivity contribution in [3.05, 3.63) is 63.2 Å². The number of rotatable bonds is 6. The predicted octanol–water partition coefficient (Wildman–Crippen LogP) is 0.921. The third-order valence-corrected chi connectivity index (χ3v) is 7.35. The fourth-order valence-electron chi connectivity index (χ4n) is 4.97. The molecule has 1 N–H and O–H groups in total. The molecule has 40 heavy (non-hydrogen) atoms. The van der Waals surface area contributed by atoms with Crippen molar-refractivity contribution in [1.29, 1.82) is 0 Å². The van der Waals surface area contributed by atoms with Crippen molar-refractivity contribution in [2.45, 2.75) is 25.6 Å². The molecule has 2 unspecified atom stereocenters. The summed E-state index contributed by atoms with van der Waals surface area (Å²) in [5, 5.41) is 2.68. The molecule has 1 saturated carbocycles. The molecule has 5 heterocycles. The van der Waals surface area contributed by atoms with Crippen LogP contribution < -0.4 is 21.5 Å². The van der Waals surface area contributed by atoms with E-state index in [1.165, 1.54) is 42.6 Å². The number of fused-ring (bicyclic) bond motifs is 2. The van der Waals surface area contributed by atoms with Crippen LogP contribution >= 0.6 is 0 Å². The zero-order valence-electron chi connectivity index (χ0n) is 21.2. The number of nitrogens with one attached hydrogen (secondary N) is 1. The quantitative estimate of drug-likeness (QED) is 0.346. The van der Waals surface area contributed by atoms with E-state index in [9.17, 15) is 23.2 Å². The number of aryl methyl sites for hydroxylation is 1. The van der Waals surface area contributed by atoms with Crippen LogP contribution in [0, 0.1) is 18.4 Å². The van der Waals surface area contributed by atoms with Gasteiger partial charge in [-0.05, 0) is 13.0 Å². The van der Waals surface area contributed by atoms with Crippen LogP contribution in [0.1, 0.15) is 13.0 Å². The molecule has 0 spiro atoms. The molecule has 204 valence electrons. The summed E-state index contributed by atoms with van der Waals surface area (Å²) in [6.07, 6.45) is 5.71. The molecule has 14 nitrogen and oxygen atoms in total. The second-order valence-electron chi connectivity index (χ2n) is 9.69. The maximum absolute atomic E-state index is 13.5. The van der Waals surface area contributed by atoms with Crippen molar-refractivity contribution in [3.63, 3.8) is 0 Å². The molecule has 0 bridgehead atoms. The normalized spacial score (nSPS) is 19.7. The summed E-state index contributed by atoms with van der Waals surface area (Å²) in [6, 6.07) is 0.551. The molecule has 1 saturated heterocycles. The van der Waals surface area contributed by atoms with Gasteiger partial charge in [0.1, 0.15) is 11.9 Å². The molecule has 4 aromatic heterocycles. The van der Waals surface area contributed by atoms with Gasteiger partial charge in [0.2, 0.25) is 11.9 Å². The van der Waals surface area contributed by atoms with Crippen molar-refractivity contribution in [3.8, 4) is 11.4 Å². The third-order valence-electron chi connectivity index (χ3n) is 7.35. The fraction of sp³-hybridized carbons (Fsp3) is 0.375. The Morgan fingerprint density at radius 3 is 2.58 bits per heavy atom. The van der Waals surface area contributed by atoms with E-state index in [2.05, 4.69) is 35.1 Å². The fourth-order valence-corrected chi connectivity index (χ4v) is 4.97. The van der Waals surface area contributed by atoms with Gasteiger partial charge in [-0.25, -0.2) is 45.1 Å². The largest absolute Gasteiger partial charge is 0.340 e. The highest BCUT2D eigenvalue weighted by molar-refractivity contribution is 5.93. The third kappa shape index (κ3) is 3.89. The number of aromatic nitrogens is 8. The number of nitrogens with zero attached hydrogens (tertiary/aromatic N) is 10. The van der Waals surface area contributed by atoms with Gasteiger partial charge in [0.15, 0.2) is 17.0 Å². The minimum Gasteiger partial charge on any atom is -0.340 e. The van der Waals surface area contributed by atoms with Gasteiger partial charge in [0.25, 0.3) is 18.2 Å². The zero-order chi connectivity index (χ0) is 28.3. The van der Waals surface area contributed by atoms with Crippen molar-refractivity contribution in [2.75, 3.05) is 23.3 Å². The van der Waals surface area contributed by atoms with E-state index in [1.54, 1.807) is 11.8 Å². The van der Waals surface area contributed by atoms with Gasteiger partial charge in [0, 0.05) is 38.7 Å². The Labute approximate surface area is 223 Å². The lowest BCUT2D eigenvalue weighted by Crippen LogP contribution is -2.39. The monoisotopic (exact) mass is 549 g/mol. The summed E-state index contributed by atoms with van der Waals surface area (Å²) in [7, 11) is 1.43. The van der Waals surface area contributed by atoms with Crippen LogP contribution in [0.25, 0.3) is 27.4 Å². The van der Waals surface area contributed by atoms with Crippen molar-refractivity contribution in [1.82, 2.24) is 38.6 Å². The minimum absolute atomic E-state index is 0.00744. The molecule has 0 aromatic carbocycles. The number of imidazole rings is 1. The van der Waals surface area contributed by atoms with E-state index in [1.807, 2.05) is 0 Å². The Morgan fingerprint density at radius 2 is 1.90 bits per heavy atom. The van der Waals surface area contributed by atoms with Crippen LogP contribution in [0.5, 0.6) is 0 Å². The van der Waals surface area contributed by atoms with E-state index >= 15 is 0 Å². The van der Waals surface area contributed by atoms with Crippen molar-refractivity contribution < 1.29 is 13.6 Å². The second kappa shape index (κ2) is 9.00. The van der Waals surface area contributed by atoms with Crippen LogP contribution in [0.3, 0.4) is 0 Å². The molecule has 2 aliphatic rings. The Kier molecular flexibility index (Phi) is 5.68. The molecule has 1 amide bonds. The molecule has 3 atom stereocenters. The average Bonchev–Trinajstić information content (AvgIpc) is 3.38. The molecule has 0 radical (unpaired) electrons. The van der Waals surface area contributed by atoms with E-state index in [4.69, 9.17) is 6.57 Å². The molecule has 4 aromatic rings. The SMILES string of the molecule is [C-]#[N+]Cn1c(=O)c2c(ncn2[C@@H](C)C(=O)Nc2ccnc(-c3cnc(N4CC5C(C4)C5(F)F)nc3)n2)n(C)c1=O. The number of halogens is 2. The Balaban J connectivity index is 1.20. The van der Waals surface area contributed by atoms with Gasteiger partial charge in [-0.15, -0.1) is 0 Å². The smallest absolute Gasteiger partial charge is 0.338 e. The number of hydrogen-bond acceptors (Lipinski definition) is 9. The highest BCUT2D eigenvalue weighted by atomic mass is 19.3. The van der Waals surface area contributed by atoms with Crippen molar-refractivity contribution in [2.24, 2.45) is 18.9 Å². The van der Waals surface area contributed by atoms with Crippen LogP contribution in [-0.4, -0.2) is 63.5 Å². The lowest BCUT2D eigenvalue weighted by Gasteiger charge is -2.19. The topological polar surface area (TPSA) is 150 Å². The maximum atomic E-state index is 13.5. The first kappa shape index (κ1) is 25.2. The first-order valence-corrected chi connectivity index (χ1v) is 12.2. The summed E-state index contributed by atoms with van der Waals surface area (Å²) in [5.41, 5.74) is -0.848. The summed E-state index contributed by atoms with van der Waals surface area (Å²) < 4.78 is 30.2. The minimum atomic E-state index is -2.59. The standard InChI is InChI=1S/C24H21F2N11O3/c1-12(36-11-31-19-17(36)21(39)37(10-27-2)23(40)34(19)3)20(38)33-16-4-5-28-18(32-16)13-6-29-22(30-7-13)35-8-14-15(9-35)24(14,25)26/h4-7,11-12,14-15H,8-10H2,1,3H3,(H,28,32,33,38)/t12-,14?,15?/m0/s1. The molecular weight excluding hydrogens is 528 g/mol. The van der Waals surface area contributed by atoms with Crippen LogP contribution in [-0.2, 0) is 18.5 Å². The van der Waals surface area contributed by atoms with E-state index in [0.717, 1.165) is 9.13 Å². The number of anilines is 2. The molecule has 2 fully saturated rings. The van der Waals surface area contributed by atoms with Crippen LogP contribution in [0.2, 0.25) is 0 Å². The summed E-state index contributed by atoms with van der Waals surface area (Å²) in [4.78, 5) is 64.6. The van der Waals surface area contributed by atoms with E-state index in [-0.39, 0.29) is 35.9 Å². The molecule has 1 aliphatic heterocycles. The second-order valence-corrected chi connectivity index (χ2v) is 9.69. The first-order chi connectivity index (χ1) is 19.1. The highest BCUT2D eigenvalue weighted by Crippen LogP contribution is 2.59. The lowest BCUT2D eigenvalue weighted by atomic mass is 10.3. The number of piperidine rings is 1. The van der Waals surface area contributed by atoms with Crippen LogP contribution in [0.4, 0.5) is 20.5 Å². The Morgan fingerprint density at radius 1 is 1.20 bits per heavy atom. The first-order valence-electron chi connectivity index (χ1n) is 12.2. The number of carbonyl (C=O) groups excluding carboxylic acids is 1. The van der Waals surface area contributed by atoms with Gasteiger partial charge in [-0.2, -0.15) is 4.57 Å². The van der Waals surface area contributed by atoms with Gasteiger partial charge in [0.05, 0.1) is 23.7 Å². The summed E-state index contributed by atoms with van der Waals surface area (Å²) in [5.74, 6) is -3.64. The van der Waals surface area contributed by atoms with Crippen molar-refractivity contribution >= 4 is 28.8 Å². The maximum Gasteiger partial charge on any atom is 0.338 e. The molecule has 16 heteroatoms. The van der Waals surface area contributed by atoms with Gasteiger partial charge >= 0.3 is 5.69 Å². The summed E-state index contributed by atoms with van der Waals surface area (Å²) in [6.45, 7) is 8.55. The average molecular weight is 550 g/mol. The molecular formula is C24H21F2N11O3. The van der Waals surface area contributed by atoms with Gasteiger partial charge in [-0.3, -0.25) is 19.0 Å². The number of amides is 1. The predicted molar refractivity (Wildman–Crippen MR) is 136 cm³/mol. The van der Waals surface area contributed by atoms with Crippen LogP contribution in [0.15, 0.2) is 40.6 Å². The lowest BCUT2D eigenvalue weighted by molar-refractivity contribution is -0.118. The van der Waals surface area contributed by atoms with Gasteiger partial charge < -0.3 is 14.8 Å². The molecule has 1 aliphatic carbocycles. The number of carbonyl (C=O) groups is 1. The van der Waals surface area contributed by atoms with Gasteiger partial charge in [-0.1, -0.05) is 0 Å². The molecule has 6 rings (SSSR count). The van der Waals surface area contributed by atoms with E-state index < -0.39 is 47.6 Å². The Hall–Kier alpha value is -5.07. The summed E-state index contributed by atoms with van der Waals surface area (Å²) >= 11 is 0.